The van der Waals surface area contributed by atoms with Crippen molar-refractivity contribution in [2.75, 3.05) is 0 Å². The van der Waals surface area contributed by atoms with Crippen LogP contribution in [0.4, 0.5) is 0 Å². The Labute approximate surface area is 86.0 Å². The van der Waals surface area contributed by atoms with E-state index in [0.717, 1.165) is 0 Å². The zero-order valence-electron chi connectivity index (χ0n) is 8.08. The highest BCUT2D eigenvalue weighted by atomic mass is 16.4. The van der Waals surface area contributed by atoms with Crippen molar-refractivity contribution in [3.63, 3.8) is 0 Å². The van der Waals surface area contributed by atoms with Gasteiger partial charge >= 0.3 is 5.97 Å². The predicted molar refractivity (Wildman–Crippen MR) is 53.1 cm³/mol. The number of hydrogen-bond acceptors (Lipinski definition) is 3. The van der Waals surface area contributed by atoms with Gasteiger partial charge in [0.15, 0.2) is 0 Å². The Hall–Kier alpha value is -2.17. The quantitative estimate of drug-likeness (QED) is 0.798. The Kier molecular flexibility index (Phi) is 2.21. The first-order chi connectivity index (χ1) is 7.18. The number of carboxylic acid groups (broad SMARTS) is 1. The summed E-state index contributed by atoms with van der Waals surface area (Å²) in [5.41, 5.74) is 0.590. The van der Waals surface area contributed by atoms with E-state index in [2.05, 4.69) is 9.97 Å². The van der Waals surface area contributed by atoms with Crippen LogP contribution in [0.3, 0.4) is 0 Å². The molecule has 0 saturated carbocycles. The van der Waals surface area contributed by atoms with Crippen LogP contribution < -0.4 is 0 Å². The van der Waals surface area contributed by atoms with E-state index in [9.17, 15) is 4.79 Å². The second kappa shape index (κ2) is 3.53. The lowest BCUT2D eigenvalue weighted by molar-refractivity contribution is 0.0695. The van der Waals surface area contributed by atoms with Gasteiger partial charge in [0.1, 0.15) is 0 Å². The molecule has 0 amide bonds. The number of rotatable bonds is 2. The second-order valence-electron chi connectivity index (χ2n) is 3.06. The van der Waals surface area contributed by atoms with Gasteiger partial charge in [-0.05, 0) is 19.1 Å². The Balaban J connectivity index is 2.47. The van der Waals surface area contributed by atoms with E-state index in [1.54, 1.807) is 23.9 Å². The maximum absolute atomic E-state index is 10.7. The molecule has 1 N–H and O–H groups in total. The molecule has 0 aromatic carbocycles. The van der Waals surface area contributed by atoms with Gasteiger partial charge in [-0.25, -0.2) is 14.8 Å². The first kappa shape index (κ1) is 9.39. The summed E-state index contributed by atoms with van der Waals surface area (Å²) in [5, 5.41) is 8.80. The normalized spacial score (nSPS) is 10.2. The van der Waals surface area contributed by atoms with Crippen LogP contribution in [0.15, 0.2) is 30.7 Å². The van der Waals surface area contributed by atoms with Gasteiger partial charge in [-0.2, -0.15) is 0 Å². The van der Waals surface area contributed by atoms with Crippen molar-refractivity contribution in [1.29, 1.82) is 0 Å². The van der Waals surface area contributed by atoms with E-state index in [1.807, 2.05) is 12.1 Å². The summed E-state index contributed by atoms with van der Waals surface area (Å²) < 4.78 is 1.72. The molecule has 0 bridgehead atoms. The van der Waals surface area contributed by atoms with Crippen molar-refractivity contribution in [2.24, 2.45) is 0 Å². The number of aromatic carboxylic acids is 1. The van der Waals surface area contributed by atoms with Crippen LogP contribution in [0.1, 0.15) is 16.1 Å². The number of carboxylic acids is 1. The van der Waals surface area contributed by atoms with Crippen LogP contribution >= 0.6 is 0 Å². The van der Waals surface area contributed by atoms with Gasteiger partial charge in [-0.1, -0.05) is 0 Å². The molecule has 5 nitrogen and oxygen atoms in total. The maximum atomic E-state index is 10.7. The Morgan fingerprint density at radius 2 is 2.07 bits per heavy atom. The number of aromatic nitrogens is 3. The fourth-order valence-electron chi connectivity index (χ4n) is 1.26. The second-order valence-corrected chi connectivity index (χ2v) is 3.06. The molecule has 0 radical (unpaired) electrons. The summed E-state index contributed by atoms with van der Waals surface area (Å²) in [5.74, 6) is -0.533. The van der Waals surface area contributed by atoms with Gasteiger partial charge < -0.3 is 5.11 Å². The molecule has 15 heavy (non-hydrogen) atoms. The summed E-state index contributed by atoms with van der Waals surface area (Å²) in [6.45, 7) is 1.65. The van der Waals surface area contributed by atoms with Gasteiger partial charge in [0.25, 0.3) is 0 Å². The van der Waals surface area contributed by atoms with E-state index < -0.39 is 5.97 Å². The minimum Gasteiger partial charge on any atom is -0.478 e. The van der Waals surface area contributed by atoms with Gasteiger partial charge in [0.2, 0.25) is 5.95 Å². The molecule has 0 saturated heterocycles. The van der Waals surface area contributed by atoms with Crippen LogP contribution in [0.5, 0.6) is 0 Å². The summed E-state index contributed by atoms with van der Waals surface area (Å²) >= 11 is 0. The average molecular weight is 203 g/mol. The molecular formula is C10H9N3O2. The predicted octanol–water partition coefficient (Wildman–Crippen LogP) is 1.27. The summed E-state index contributed by atoms with van der Waals surface area (Å²) in [4.78, 5) is 18.8. The third-order valence-corrected chi connectivity index (χ3v) is 2.03. The highest BCUT2D eigenvalue weighted by molar-refractivity contribution is 5.88. The monoisotopic (exact) mass is 203 g/mol. The molecule has 2 heterocycles. The largest absolute Gasteiger partial charge is 0.478 e. The summed E-state index contributed by atoms with van der Waals surface area (Å²) in [6.07, 6.45) is 4.92. The molecule has 2 aromatic rings. The van der Waals surface area contributed by atoms with Crippen molar-refractivity contribution in [2.45, 2.75) is 6.92 Å². The average Bonchev–Trinajstić information content (AvgIpc) is 2.69. The Bertz CT molecular complexity index is 491. The molecule has 2 rings (SSSR count). The van der Waals surface area contributed by atoms with Crippen LogP contribution in [0.2, 0.25) is 0 Å². The van der Waals surface area contributed by atoms with E-state index in [1.165, 1.54) is 6.20 Å². The van der Waals surface area contributed by atoms with Crippen molar-refractivity contribution in [3.8, 4) is 5.95 Å². The zero-order chi connectivity index (χ0) is 10.8. The number of aryl methyl sites for hydroxylation is 1. The fourth-order valence-corrected chi connectivity index (χ4v) is 1.26. The third kappa shape index (κ3) is 1.71. The Morgan fingerprint density at radius 1 is 1.40 bits per heavy atom. The van der Waals surface area contributed by atoms with E-state index in [4.69, 9.17) is 5.11 Å². The van der Waals surface area contributed by atoms with Crippen molar-refractivity contribution in [3.05, 3.63) is 42.0 Å². The van der Waals surface area contributed by atoms with Crippen molar-refractivity contribution < 1.29 is 9.90 Å². The molecule has 0 fully saturated rings. The number of nitrogens with zero attached hydrogens (tertiary/aromatic N) is 3. The minimum atomic E-state index is -1.01. The smallest absolute Gasteiger partial charge is 0.339 e. The van der Waals surface area contributed by atoms with Crippen LogP contribution in [0, 0.1) is 6.92 Å². The molecule has 0 unspecified atom stereocenters. The lowest BCUT2D eigenvalue weighted by atomic mass is 10.2. The van der Waals surface area contributed by atoms with Gasteiger partial charge in [0.05, 0.1) is 11.3 Å². The Morgan fingerprint density at radius 3 is 2.60 bits per heavy atom. The van der Waals surface area contributed by atoms with Gasteiger partial charge in [-0.3, -0.25) is 4.57 Å². The zero-order valence-corrected chi connectivity index (χ0v) is 8.08. The number of carbonyl (C=O) groups is 1. The highest BCUT2D eigenvalue weighted by Crippen LogP contribution is 2.07. The lowest BCUT2D eigenvalue weighted by Gasteiger charge is -2.03. The molecule has 0 aliphatic carbocycles. The lowest BCUT2D eigenvalue weighted by Crippen LogP contribution is -2.07. The molecule has 0 spiro atoms. The van der Waals surface area contributed by atoms with Crippen molar-refractivity contribution in [1.82, 2.24) is 14.5 Å². The first-order valence-corrected chi connectivity index (χ1v) is 4.39. The summed E-state index contributed by atoms with van der Waals surface area (Å²) in [7, 11) is 0. The SMILES string of the molecule is Cc1nc(-n2cccc2)ncc1C(=O)O. The molecule has 0 aliphatic heterocycles. The van der Waals surface area contributed by atoms with Crippen LogP contribution in [-0.2, 0) is 0 Å². The summed E-state index contributed by atoms with van der Waals surface area (Å²) in [6, 6.07) is 3.70. The van der Waals surface area contributed by atoms with Gasteiger partial charge in [-0.15, -0.1) is 0 Å². The molecule has 2 aromatic heterocycles. The molecular weight excluding hydrogens is 194 g/mol. The topological polar surface area (TPSA) is 68.0 Å². The first-order valence-electron chi connectivity index (χ1n) is 4.39. The maximum Gasteiger partial charge on any atom is 0.339 e. The van der Waals surface area contributed by atoms with E-state index in [-0.39, 0.29) is 5.56 Å². The van der Waals surface area contributed by atoms with Crippen LogP contribution in [-0.4, -0.2) is 25.6 Å². The van der Waals surface area contributed by atoms with Crippen molar-refractivity contribution >= 4 is 5.97 Å². The van der Waals surface area contributed by atoms with Gasteiger partial charge in [0, 0.05) is 18.6 Å². The third-order valence-electron chi connectivity index (χ3n) is 2.03. The minimum absolute atomic E-state index is 0.130. The standard InChI is InChI=1S/C10H9N3O2/c1-7-8(9(14)15)6-11-10(12-7)13-4-2-3-5-13/h2-6H,1H3,(H,14,15). The molecule has 0 atom stereocenters. The highest BCUT2D eigenvalue weighted by Gasteiger charge is 2.09. The van der Waals surface area contributed by atoms with Crippen LogP contribution in [0.25, 0.3) is 5.95 Å². The fraction of sp³-hybridized carbons (Fsp3) is 0.100. The van der Waals surface area contributed by atoms with E-state index in [0.29, 0.717) is 11.6 Å². The molecule has 76 valence electrons. The molecule has 5 heteroatoms. The number of hydrogen-bond donors (Lipinski definition) is 1. The molecule has 0 aliphatic rings. The van der Waals surface area contributed by atoms with E-state index >= 15 is 0 Å².